The van der Waals surface area contributed by atoms with Crippen molar-refractivity contribution in [2.24, 2.45) is 11.3 Å². The van der Waals surface area contributed by atoms with Gasteiger partial charge in [0.1, 0.15) is 0 Å². The molecule has 2 rings (SSSR count). The molecule has 2 heterocycles. The minimum Gasteiger partial charge on any atom is -0.466 e. The van der Waals surface area contributed by atoms with E-state index in [0.717, 1.165) is 12.8 Å². The average molecular weight is 355 g/mol. The third kappa shape index (κ3) is 4.94. The smallest absolute Gasteiger partial charge is 0.312 e. The number of esters is 1. The van der Waals surface area contributed by atoms with Crippen LogP contribution in [0, 0.1) is 11.3 Å². The molecular formula is C19H33NO5. The molecule has 25 heavy (non-hydrogen) atoms. The Morgan fingerprint density at radius 1 is 1.24 bits per heavy atom. The Labute approximate surface area is 151 Å². The van der Waals surface area contributed by atoms with Crippen molar-refractivity contribution in [1.82, 2.24) is 4.90 Å². The maximum atomic E-state index is 12.9. The summed E-state index contributed by atoms with van der Waals surface area (Å²) in [6.07, 6.45) is 3.48. The van der Waals surface area contributed by atoms with Gasteiger partial charge in [-0.25, -0.2) is 0 Å². The predicted octanol–water partition coefficient (Wildman–Crippen LogP) is 2.40. The molecule has 0 aromatic heterocycles. The van der Waals surface area contributed by atoms with E-state index >= 15 is 0 Å². The van der Waals surface area contributed by atoms with Gasteiger partial charge in [0.25, 0.3) is 0 Å². The van der Waals surface area contributed by atoms with Gasteiger partial charge in [0.15, 0.2) is 0 Å². The number of methoxy groups -OCH3 is 1. The van der Waals surface area contributed by atoms with Gasteiger partial charge in [0.2, 0.25) is 5.91 Å². The molecule has 0 bridgehead atoms. The van der Waals surface area contributed by atoms with E-state index in [1.807, 2.05) is 25.7 Å². The van der Waals surface area contributed by atoms with E-state index in [1.165, 1.54) is 0 Å². The van der Waals surface area contributed by atoms with Crippen molar-refractivity contribution in [3.05, 3.63) is 0 Å². The fraction of sp³-hybridized carbons (Fsp3) is 0.895. The number of ether oxygens (including phenoxy) is 3. The highest BCUT2D eigenvalue weighted by molar-refractivity contribution is 5.81. The molecule has 6 nitrogen and oxygen atoms in total. The van der Waals surface area contributed by atoms with Crippen LogP contribution in [0.5, 0.6) is 0 Å². The fourth-order valence-electron chi connectivity index (χ4n) is 3.99. The van der Waals surface area contributed by atoms with Gasteiger partial charge >= 0.3 is 5.97 Å². The molecule has 2 fully saturated rings. The number of hydrogen-bond donors (Lipinski definition) is 0. The van der Waals surface area contributed by atoms with Crippen molar-refractivity contribution in [1.29, 1.82) is 0 Å². The van der Waals surface area contributed by atoms with E-state index in [1.54, 1.807) is 7.11 Å². The number of carbonyl (C=O) groups excluding carboxylic acids is 2. The van der Waals surface area contributed by atoms with Crippen LogP contribution in [0.1, 0.15) is 52.9 Å². The first-order chi connectivity index (χ1) is 11.8. The van der Waals surface area contributed by atoms with Crippen LogP contribution < -0.4 is 0 Å². The highest BCUT2D eigenvalue weighted by Crippen LogP contribution is 2.38. The number of nitrogens with zero attached hydrogens (tertiary/aromatic N) is 1. The Kier molecular flexibility index (Phi) is 6.86. The Balaban J connectivity index is 1.98. The maximum Gasteiger partial charge on any atom is 0.312 e. The SMILES string of the molecule is CCOC(=O)C1(CCOC)CCN(C(=O)C2CCOC(C)(C)C2)CC1. The zero-order valence-electron chi connectivity index (χ0n) is 16.1. The number of hydrogen-bond acceptors (Lipinski definition) is 5. The molecule has 0 aromatic carbocycles. The molecule has 1 unspecified atom stereocenters. The summed E-state index contributed by atoms with van der Waals surface area (Å²) in [6, 6.07) is 0. The monoisotopic (exact) mass is 355 g/mol. The quantitative estimate of drug-likeness (QED) is 0.685. The molecule has 0 radical (unpaired) electrons. The number of piperidine rings is 1. The van der Waals surface area contributed by atoms with E-state index in [0.29, 0.717) is 52.2 Å². The Bertz CT molecular complexity index is 468. The van der Waals surface area contributed by atoms with Gasteiger partial charge in [-0.2, -0.15) is 0 Å². The van der Waals surface area contributed by atoms with Gasteiger partial charge in [0.05, 0.1) is 17.6 Å². The number of carbonyl (C=O) groups is 2. The molecule has 1 atom stereocenters. The van der Waals surface area contributed by atoms with Crippen molar-refractivity contribution < 1.29 is 23.8 Å². The second kappa shape index (κ2) is 8.49. The largest absolute Gasteiger partial charge is 0.466 e. The zero-order chi connectivity index (χ0) is 18.5. The van der Waals surface area contributed by atoms with Crippen molar-refractivity contribution in [2.45, 2.75) is 58.5 Å². The average Bonchev–Trinajstić information content (AvgIpc) is 2.59. The van der Waals surface area contributed by atoms with Crippen molar-refractivity contribution >= 4 is 11.9 Å². The molecule has 0 N–H and O–H groups in total. The lowest BCUT2D eigenvalue weighted by molar-refractivity contribution is -0.163. The van der Waals surface area contributed by atoms with E-state index < -0.39 is 5.41 Å². The van der Waals surface area contributed by atoms with Crippen LogP contribution in [0.3, 0.4) is 0 Å². The molecule has 144 valence electrons. The van der Waals surface area contributed by atoms with Crippen LogP contribution >= 0.6 is 0 Å². The van der Waals surface area contributed by atoms with Crippen LogP contribution in [-0.2, 0) is 23.8 Å². The summed E-state index contributed by atoms with van der Waals surface area (Å²) in [4.78, 5) is 27.3. The van der Waals surface area contributed by atoms with Crippen LogP contribution in [0.4, 0.5) is 0 Å². The lowest BCUT2D eigenvalue weighted by Crippen LogP contribution is -2.50. The number of amides is 1. The first kappa shape index (κ1) is 20.2. The lowest BCUT2D eigenvalue weighted by atomic mass is 9.75. The summed E-state index contributed by atoms with van der Waals surface area (Å²) in [6.45, 7) is 8.68. The second-order valence-electron chi connectivity index (χ2n) is 7.87. The molecule has 0 aromatic rings. The van der Waals surface area contributed by atoms with Gasteiger partial charge < -0.3 is 19.1 Å². The lowest BCUT2D eigenvalue weighted by Gasteiger charge is -2.42. The Morgan fingerprint density at radius 2 is 1.92 bits per heavy atom. The van der Waals surface area contributed by atoms with E-state index in [-0.39, 0.29) is 23.4 Å². The minimum atomic E-state index is -0.516. The van der Waals surface area contributed by atoms with Crippen molar-refractivity contribution in [3.63, 3.8) is 0 Å². The van der Waals surface area contributed by atoms with Crippen LogP contribution in [-0.4, -0.2) is 62.4 Å². The van der Waals surface area contributed by atoms with E-state index in [9.17, 15) is 9.59 Å². The number of rotatable bonds is 6. The van der Waals surface area contributed by atoms with E-state index in [4.69, 9.17) is 14.2 Å². The minimum absolute atomic E-state index is 0.0258. The third-order valence-corrected chi connectivity index (χ3v) is 5.57. The highest BCUT2D eigenvalue weighted by Gasteiger charge is 2.44. The molecular weight excluding hydrogens is 322 g/mol. The first-order valence-electron chi connectivity index (χ1n) is 9.42. The molecule has 1 amide bonds. The third-order valence-electron chi connectivity index (χ3n) is 5.57. The van der Waals surface area contributed by atoms with Crippen molar-refractivity contribution in [3.8, 4) is 0 Å². The van der Waals surface area contributed by atoms with Gasteiger partial charge in [0, 0.05) is 39.3 Å². The Hall–Kier alpha value is -1.14. The molecule has 0 spiro atoms. The van der Waals surface area contributed by atoms with Gasteiger partial charge in [-0.1, -0.05) is 0 Å². The summed E-state index contributed by atoms with van der Waals surface area (Å²) in [7, 11) is 1.64. The van der Waals surface area contributed by atoms with Gasteiger partial charge in [-0.05, 0) is 52.9 Å². The predicted molar refractivity (Wildman–Crippen MR) is 94.1 cm³/mol. The summed E-state index contributed by atoms with van der Waals surface area (Å²) in [5, 5.41) is 0. The summed E-state index contributed by atoms with van der Waals surface area (Å²) in [5.74, 6) is 0.0877. The number of likely N-dealkylation sites (tertiary alicyclic amines) is 1. The van der Waals surface area contributed by atoms with Crippen LogP contribution in [0.25, 0.3) is 0 Å². The molecule has 6 heteroatoms. The highest BCUT2D eigenvalue weighted by atomic mass is 16.5. The molecule has 0 aliphatic carbocycles. The molecule has 0 saturated carbocycles. The molecule has 2 saturated heterocycles. The van der Waals surface area contributed by atoms with Crippen molar-refractivity contribution in [2.75, 3.05) is 40.0 Å². The molecule has 2 aliphatic heterocycles. The second-order valence-corrected chi connectivity index (χ2v) is 7.87. The summed E-state index contributed by atoms with van der Waals surface area (Å²) >= 11 is 0. The topological polar surface area (TPSA) is 65.1 Å². The summed E-state index contributed by atoms with van der Waals surface area (Å²) in [5.41, 5.74) is -0.751. The van der Waals surface area contributed by atoms with Gasteiger partial charge in [-0.15, -0.1) is 0 Å². The maximum absolute atomic E-state index is 12.9. The van der Waals surface area contributed by atoms with Gasteiger partial charge in [-0.3, -0.25) is 9.59 Å². The fourth-order valence-corrected chi connectivity index (χ4v) is 3.99. The van der Waals surface area contributed by atoms with Crippen LogP contribution in [0.2, 0.25) is 0 Å². The standard InChI is InChI=1S/C19H33NO5/c1-5-24-17(22)19(9-13-23-4)7-10-20(11-8-19)16(21)15-6-12-25-18(2,3)14-15/h15H,5-14H2,1-4H3. The summed E-state index contributed by atoms with van der Waals surface area (Å²) < 4.78 is 16.2. The molecule has 2 aliphatic rings. The first-order valence-corrected chi connectivity index (χ1v) is 9.42. The van der Waals surface area contributed by atoms with Crippen LogP contribution in [0.15, 0.2) is 0 Å². The van der Waals surface area contributed by atoms with E-state index in [2.05, 4.69) is 0 Å². The zero-order valence-corrected chi connectivity index (χ0v) is 16.1. The normalized spacial score (nSPS) is 25.4. The Morgan fingerprint density at radius 3 is 2.48 bits per heavy atom.